The van der Waals surface area contributed by atoms with E-state index in [0.29, 0.717) is 0 Å². The van der Waals surface area contributed by atoms with E-state index < -0.39 is 0 Å². The van der Waals surface area contributed by atoms with Gasteiger partial charge in [0.1, 0.15) is 0 Å². The molecule has 1 aliphatic carbocycles. The fourth-order valence-corrected chi connectivity index (χ4v) is 9.81. The van der Waals surface area contributed by atoms with E-state index >= 15 is 0 Å². The number of fused-ring (bicyclic) bond motifs is 10. The molecular weight excluding hydrogens is 705 g/mol. The Morgan fingerprint density at radius 3 is 1.81 bits per heavy atom. The highest BCUT2D eigenvalue weighted by Gasteiger charge is 2.45. The maximum absolute atomic E-state index is 2.64. The van der Waals surface area contributed by atoms with Gasteiger partial charge in [0.25, 0.3) is 0 Å². The molecule has 4 heteroatoms. The number of nitrogens with zero attached hydrogens (tertiary/aromatic N) is 4. The third kappa shape index (κ3) is 4.88. The molecule has 8 aromatic carbocycles. The molecule has 2 unspecified atom stereocenters. The molecule has 0 N–H and O–H groups in total. The van der Waals surface area contributed by atoms with E-state index in [1.54, 1.807) is 0 Å². The van der Waals surface area contributed by atoms with Crippen molar-refractivity contribution in [3.8, 4) is 5.69 Å². The minimum Gasteiger partial charge on any atom is -0.331 e. The van der Waals surface area contributed by atoms with Crippen LogP contribution in [0, 0.1) is 0 Å². The van der Waals surface area contributed by atoms with Crippen LogP contribution in [0.3, 0.4) is 0 Å². The summed E-state index contributed by atoms with van der Waals surface area (Å²) in [4.78, 5) is 7.44. The Morgan fingerprint density at radius 2 is 1.05 bits per heavy atom. The predicted molar refractivity (Wildman–Crippen MR) is 242 cm³/mol. The Kier molecular flexibility index (Phi) is 7.32. The molecule has 12 rings (SSSR count). The lowest BCUT2D eigenvalue weighted by Crippen LogP contribution is -2.35. The van der Waals surface area contributed by atoms with Gasteiger partial charge in [-0.3, -0.25) is 0 Å². The first kappa shape index (κ1) is 32.7. The molecule has 0 fully saturated rings. The number of hydrogen-bond donors (Lipinski definition) is 0. The van der Waals surface area contributed by atoms with Gasteiger partial charge in [-0.2, -0.15) is 0 Å². The maximum atomic E-state index is 2.64. The average Bonchev–Trinajstić information content (AvgIpc) is 3.80. The molecule has 3 aliphatic rings. The van der Waals surface area contributed by atoms with Crippen LogP contribution in [0.4, 0.5) is 45.5 Å². The molecule has 0 spiro atoms. The van der Waals surface area contributed by atoms with E-state index in [9.17, 15) is 0 Å². The van der Waals surface area contributed by atoms with Crippen LogP contribution in [0.5, 0.6) is 0 Å². The molecule has 9 aromatic rings. The lowest BCUT2D eigenvalue weighted by Gasteiger charge is -2.41. The van der Waals surface area contributed by atoms with Crippen molar-refractivity contribution in [1.29, 1.82) is 0 Å². The second-order valence-corrected chi connectivity index (χ2v) is 15.3. The smallest absolute Gasteiger partial charge is 0.0707 e. The molecule has 2 aliphatic heterocycles. The minimum atomic E-state index is 0.108. The SMILES string of the molecule is C1=CC2c3ccccc3N3c4cc5c(cc4N(c4ccccc4)c4ccccc4C(=C1)C23)c1ccccc1n5-c1ccc(N(c2ccccc2)c2ccccc2)cc1. The van der Waals surface area contributed by atoms with Crippen LogP contribution in [0.1, 0.15) is 17.0 Å². The van der Waals surface area contributed by atoms with Gasteiger partial charge in [-0.1, -0.05) is 127 Å². The summed E-state index contributed by atoms with van der Waals surface area (Å²) in [6, 6.07) is 73.0. The Hall–Kier alpha value is -7.56. The Labute approximate surface area is 338 Å². The van der Waals surface area contributed by atoms with Crippen molar-refractivity contribution in [3.63, 3.8) is 0 Å². The minimum absolute atomic E-state index is 0.108. The van der Waals surface area contributed by atoms with Gasteiger partial charge >= 0.3 is 0 Å². The quantitative estimate of drug-likeness (QED) is 0.174. The fraction of sp³-hybridized carbons (Fsp3) is 0.0370. The number of para-hydroxylation sites is 6. The molecule has 0 radical (unpaired) electrons. The summed E-state index contributed by atoms with van der Waals surface area (Å²) in [5, 5.41) is 2.44. The van der Waals surface area contributed by atoms with Gasteiger partial charge in [-0.25, -0.2) is 0 Å². The molecular formula is C54H38N4. The molecule has 3 heterocycles. The highest BCUT2D eigenvalue weighted by Crippen LogP contribution is 2.58. The Morgan fingerprint density at radius 1 is 0.431 bits per heavy atom. The zero-order valence-corrected chi connectivity index (χ0v) is 31.7. The van der Waals surface area contributed by atoms with Crippen molar-refractivity contribution in [2.24, 2.45) is 0 Å². The van der Waals surface area contributed by atoms with Crippen molar-refractivity contribution in [1.82, 2.24) is 4.57 Å². The first-order chi connectivity index (χ1) is 28.8. The molecule has 2 atom stereocenters. The zero-order valence-electron chi connectivity index (χ0n) is 31.7. The van der Waals surface area contributed by atoms with Crippen LogP contribution in [0.25, 0.3) is 33.1 Å². The number of hydrogen-bond acceptors (Lipinski definition) is 3. The number of anilines is 8. The van der Waals surface area contributed by atoms with Crippen molar-refractivity contribution >= 4 is 72.9 Å². The maximum Gasteiger partial charge on any atom is 0.0707 e. The van der Waals surface area contributed by atoms with Gasteiger partial charge in [0.15, 0.2) is 0 Å². The van der Waals surface area contributed by atoms with E-state index in [-0.39, 0.29) is 12.0 Å². The summed E-state index contributed by atoms with van der Waals surface area (Å²) in [5.41, 5.74) is 16.7. The van der Waals surface area contributed by atoms with Crippen LogP contribution >= 0.6 is 0 Å². The predicted octanol–water partition coefficient (Wildman–Crippen LogP) is 14.3. The van der Waals surface area contributed by atoms with Gasteiger partial charge in [-0.15, -0.1) is 0 Å². The van der Waals surface area contributed by atoms with Gasteiger partial charge < -0.3 is 19.3 Å². The van der Waals surface area contributed by atoms with Crippen LogP contribution in [0.15, 0.2) is 218 Å². The monoisotopic (exact) mass is 742 g/mol. The van der Waals surface area contributed by atoms with Crippen LogP contribution in [-0.2, 0) is 0 Å². The van der Waals surface area contributed by atoms with Crippen LogP contribution in [0.2, 0.25) is 0 Å². The largest absolute Gasteiger partial charge is 0.331 e. The van der Waals surface area contributed by atoms with Crippen molar-refractivity contribution in [2.75, 3.05) is 14.7 Å². The summed E-state index contributed by atoms with van der Waals surface area (Å²) in [7, 11) is 0. The summed E-state index contributed by atoms with van der Waals surface area (Å²) < 4.78 is 2.46. The summed E-state index contributed by atoms with van der Waals surface area (Å²) in [6.07, 6.45) is 7.01. The first-order valence-corrected chi connectivity index (χ1v) is 20.1. The summed E-state index contributed by atoms with van der Waals surface area (Å²) >= 11 is 0. The van der Waals surface area contributed by atoms with Crippen molar-refractivity contribution < 1.29 is 0 Å². The third-order valence-electron chi connectivity index (χ3n) is 12.2. The fourth-order valence-electron chi connectivity index (χ4n) is 9.81. The zero-order chi connectivity index (χ0) is 38.2. The van der Waals surface area contributed by atoms with Crippen molar-refractivity contribution in [3.05, 3.63) is 230 Å². The van der Waals surface area contributed by atoms with E-state index in [1.807, 2.05) is 0 Å². The van der Waals surface area contributed by atoms with Crippen LogP contribution in [-0.4, -0.2) is 10.6 Å². The molecule has 274 valence electrons. The number of benzene rings is 8. The molecule has 4 nitrogen and oxygen atoms in total. The molecule has 0 saturated heterocycles. The Balaban J connectivity index is 1.13. The van der Waals surface area contributed by atoms with Gasteiger partial charge in [-0.05, 0) is 102 Å². The third-order valence-corrected chi connectivity index (χ3v) is 12.2. The first-order valence-electron chi connectivity index (χ1n) is 20.1. The Bertz CT molecular complexity index is 3030. The van der Waals surface area contributed by atoms with E-state index in [2.05, 4.69) is 238 Å². The summed E-state index contributed by atoms with van der Waals surface area (Å²) in [5.74, 6) is 0.228. The number of aromatic nitrogens is 1. The lowest BCUT2D eigenvalue weighted by atomic mass is 9.82. The molecule has 1 aromatic heterocycles. The second kappa shape index (κ2) is 13.0. The average molecular weight is 743 g/mol. The molecule has 58 heavy (non-hydrogen) atoms. The summed E-state index contributed by atoms with van der Waals surface area (Å²) in [6.45, 7) is 0. The highest BCUT2D eigenvalue weighted by molar-refractivity contribution is 6.14. The molecule has 0 bridgehead atoms. The van der Waals surface area contributed by atoms with E-state index in [1.165, 1.54) is 55.6 Å². The van der Waals surface area contributed by atoms with Gasteiger partial charge in [0.2, 0.25) is 0 Å². The van der Waals surface area contributed by atoms with Crippen LogP contribution < -0.4 is 14.7 Å². The lowest BCUT2D eigenvalue weighted by molar-refractivity contribution is 0.759. The van der Waals surface area contributed by atoms with Crippen molar-refractivity contribution in [2.45, 2.75) is 12.0 Å². The van der Waals surface area contributed by atoms with Gasteiger partial charge in [0.05, 0.1) is 34.1 Å². The number of allylic oxidation sites excluding steroid dienone is 2. The van der Waals surface area contributed by atoms with Gasteiger partial charge in [0, 0.05) is 56.4 Å². The number of rotatable bonds is 5. The normalized spacial score (nSPS) is 16.2. The molecule has 0 amide bonds. The van der Waals surface area contributed by atoms with E-state index in [4.69, 9.17) is 0 Å². The topological polar surface area (TPSA) is 14.7 Å². The highest BCUT2D eigenvalue weighted by atomic mass is 15.3. The van der Waals surface area contributed by atoms with E-state index in [0.717, 1.165) is 34.1 Å². The standard InChI is InChI=1S/C54H38N4/c1-4-17-37(18-5-1)55(38-19-6-2-7-20-38)40-31-33-41(34-32-40)56-49-29-14-12-25-44(49)47-35-52-53(36-51(47)56)58-50-30-15-11-24-43(50)46-27-16-26-45(54(46)58)42-23-10-13-28-48(42)57(52)39-21-8-3-9-22-39/h1-36,46,54H. The second-order valence-electron chi connectivity index (χ2n) is 15.3. The molecule has 0 saturated carbocycles.